The van der Waals surface area contributed by atoms with Crippen LogP contribution in [0.1, 0.15) is 6.92 Å². The molecule has 0 bridgehead atoms. The first-order valence-corrected chi connectivity index (χ1v) is 7.96. The fraction of sp³-hybridized carbons (Fsp3) is 0.235. The van der Waals surface area contributed by atoms with Crippen LogP contribution in [0.25, 0.3) is 0 Å². The number of carbonyl (C=O) groups excluding carboxylic acids is 1. The lowest BCUT2D eigenvalue weighted by atomic mass is 10.3. The second-order valence-electron chi connectivity index (χ2n) is 5.06. The Morgan fingerprint density at radius 2 is 1.79 bits per heavy atom. The number of nitrogens with one attached hydrogen (secondary N) is 1. The number of carbonyl (C=O) groups is 1. The molecule has 0 aliphatic heterocycles. The minimum Gasteiger partial charge on any atom is -0.491 e. The Hall–Kier alpha value is -1.95. The summed E-state index contributed by atoms with van der Waals surface area (Å²) in [6.45, 7) is 1.51. The lowest BCUT2D eigenvalue weighted by Gasteiger charge is -2.14. The van der Waals surface area contributed by atoms with Crippen molar-refractivity contribution in [2.75, 3.05) is 18.5 Å². The van der Waals surface area contributed by atoms with E-state index in [1.807, 2.05) is 0 Å². The predicted molar refractivity (Wildman–Crippen MR) is 94.2 cm³/mol. The van der Waals surface area contributed by atoms with Crippen molar-refractivity contribution in [2.24, 2.45) is 0 Å². The van der Waals surface area contributed by atoms with Gasteiger partial charge in [0, 0.05) is 23.7 Å². The molecule has 2 rings (SSSR count). The van der Waals surface area contributed by atoms with Gasteiger partial charge in [-0.3, -0.25) is 4.79 Å². The van der Waals surface area contributed by atoms with Crippen LogP contribution in [-0.2, 0) is 4.79 Å². The van der Waals surface area contributed by atoms with E-state index in [2.05, 4.69) is 5.32 Å². The highest BCUT2D eigenvalue weighted by atomic mass is 35.5. The molecule has 2 N–H and O–H groups in total. The van der Waals surface area contributed by atoms with Gasteiger partial charge in [-0.05, 0) is 36.4 Å². The molecule has 0 saturated heterocycles. The van der Waals surface area contributed by atoms with Crippen molar-refractivity contribution in [1.29, 1.82) is 0 Å². The molecular weight excluding hydrogens is 353 g/mol. The zero-order valence-electron chi connectivity index (χ0n) is 13.0. The van der Waals surface area contributed by atoms with Gasteiger partial charge >= 0.3 is 0 Å². The monoisotopic (exact) mass is 369 g/mol. The number of anilines is 1. The number of aliphatic hydroxyl groups excluding tert-OH is 1. The minimum atomic E-state index is -0.838. The molecule has 24 heavy (non-hydrogen) atoms. The molecule has 7 heteroatoms. The third-order valence-corrected chi connectivity index (χ3v) is 3.49. The maximum atomic E-state index is 10.9. The second kappa shape index (κ2) is 8.78. The Labute approximate surface area is 150 Å². The van der Waals surface area contributed by atoms with Crippen LogP contribution in [0.5, 0.6) is 11.5 Å². The Morgan fingerprint density at radius 1 is 1.12 bits per heavy atom. The van der Waals surface area contributed by atoms with Gasteiger partial charge in [-0.2, -0.15) is 0 Å². The van der Waals surface area contributed by atoms with E-state index in [1.54, 1.807) is 42.5 Å². The van der Waals surface area contributed by atoms with Crippen LogP contribution in [-0.4, -0.2) is 30.3 Å². The quantitative estimate of drug-likeness (QED) is 0.779. The van der Waals surface area contributed by atoms with Crippen LogP contribution in [0.3, 0.4) is 0 Å². The molecule has 1 atom stereocenters. The van der Waals surface area contributed by atoms with E-state index in [0.717, 1.165) is 0 Å². The summed E-state index contributed by atoms with van der Waals surface area (Å²) in [7, 11) is 0. The van der Waals surface area contributed by atoms with E-state index < -0.39 is 6.10 Å². The number of ether oxygens (including phenoxy) is 2. The molecule has 128 valence electrons. The summed E-state index contributed by atoms with van der Waals surface area (Å²) < 4.78 is 10.9. The van der Waals surface area contributed by atoms with Crippen molar-refractivity contribution >= 4 is 34.8 Å². The normalized spacial score (nSPS) is 11.7. The number of aliphatic hydroxyl groups is 1. The number of amides is 1. The lowest BCUT2D eigenvalue weighted by molar-refractivity contribution is -0.114. The summed E-state index contributed by atoms with van der Waals surface area (Å²) in [6, 6.07) is 11.7. The molecule has 0 aliphatic rings. The molecule has 0 radical (unpaired) electrons. The van der Waals surface area contributed by atoms with E-state index in [0.29, 0.717) is 27.2 Å². The third-order valence-electron chi connectivity index (χ3n) is 2.94. The standard InChI is InChI=1S/C17H17Cl2NO4/c1-11(21)20-13-3-5-15(6-4-13)23-9-14(22)10-24-17-8-12(18)2-7-16(17)19/h2-8,14,22H,9-10H2,1H3,(H,20,21)/t14-/m1/s1. The van der Waals surface area contributed by atoms with Crippen molar-refractivity contribution in [3.05, 3.63) is 52.5 Å². The molecule has 0 heterocycles. The SMILES string of the molecule is CC(=O)Nc1ccc(OC[C@@H](O)COc2cc(Cl)ccc2Cl)cc1. The van der Waals surface area contributed by atoms with Gasteiger partial charge < -0.3 is 19.9 Å². The number of hydrogen-bond acceptors (Lipinski definition) is 4. The van der Waals surface area contributed by atoms with Gasteiger partial charge in [0.1, 0.15) is 30.8 Å². The number of rotatable bonds is 7. The zero-order valence-corrected chi connectivity index (χ0v) is 14.5. The highest BCUT2D eigenvalue weighted by Crippen LogP contribution is 2.27. The summed E-state index contributed by atoms with van der Waals surface area (Å²) >= 11 is 11.8. The van der Waals surface area contributed by atoms with E-state index in [1.165, 1.54) is 6.92 Å². The van der Waals surface area contributed by atoms with Gasteiger partial charge in [-0.25, -0.2) is 0 Å². The van der Waals surface area contributed by atoms with Gasteiger partial charge in [-0.1, -0.05) is 23.2 Å². The maximum Gasteiger partial charge on any atom is 0.221 e. The van der Waals surface area contributed by atoms with E-state index >= 15 is 0 Å². The summed E-state index contributed by atoms with van der Waals surface area (Å²) in [6.07, 6.45) is -0.838. The van der Waals surface area contributed by atoms with Crippen molar-refractivity contribution in [1.82, 2.24) is 0 Å². The van der Waals surface area contributed by atoms with Gasteiger partial charge in [0.25, 0.3) is 0 Å². The molecule has 0 spiro atoms. The van der Waals surface area contributed by atoms with Gasteiger partial charge in [0.2, 0.25) is 5.91 Å². The summed E-state index contributed by atoms with van der Waals surface area (Å²) in [4.78, 5) is 10.9. The van der Waals surface area contributed by atoms with E-state index in [9.17, 15) is 9.90 Å². The first-order valence-electron chi connectivity index (χ1n) is 7.20. The molecule has 2 aromatic rings. The third kappa shape index (κ3) is 5.92. The molecule has 0 aliphatic carbocycles. The summed E-state index contributed by atoms with van der Waals surface area (Å²) in [5.74, 6) is 0.836. The maximum absolute atomic E-state index is 10.9. The first-order chi connectivity index (χ1) is 11.4. The van der Waals surface area contributed by atoms with Crippen LogP contribution in [0.15, 0.2) is 42.5 Å². The Balaban J connectivity index is 1.79. The van der Waals surface area contributed by atoms with Crippen LogP contribution in [0.2, 0.25) is 10.0 Å². The van der Waals surface area contributed by atoms with Crippen molar-refractivity contribution in [2.45, 2.75) is 13.0 Å². The number of benzene rings is 2. The summed E-state index contributed by atoms with van der Waals surface area (Å²) in [5, 5.41) is 13.5. The molecule has 1 amide bonds. The molecule has 0 aromatic heterocycles. The highest BCUT2D eigenvalue weighted by Gasteiger charge is 2.09. The van der Waals surface area contributed by atoms with Crippen LogP contribution in [0, 0.1) is 0 Å². The number of halogens is 2. The molecule has 5 nitrogen and oxygen atoms in total. The number of hydrogen-bond donors (Lipinski definition) is 2. The van der Waals surface area contributed by atoms with Gasteiger partial charge in [0.15, 0.2) is 0 Å². The fourth-order valence-corrected chi connectivity index (χ4v) is 2.19. The van der Waals surface area contributed by atoms with Gasteiger partial charge in [0.05, 0.1) is 5.02 Å². The molecule has 0 saturated carbocycles. The van der Waals surface area contributed by atoms with Crippen LogP contribution < -0.4 is 14.8 Å². The zero-order chi connectivity index (χ0) is 17.5. The smallest absolute Gasteiger partial charge is 0.221 e. The fourth-order valence-electron chi connectivity index (χ4n) is 1.85. The second-order valence-corrected chi connectivity index (χ2v) is 5.90. The Morgan fingerprint density at radius 3 is 2.46 bits per heavy atom. The predicted octanol–water partition coefficient (Wildman–Crippen LogP) is 3.77. The topological polar surface area (TPSA) is 67.8 Å². The van der Waals surface area contributed by atoms with Crippen molar-refractivity contribution < 1.29 is 19.4 Å². The van der Waals surface area contributed by atoms with E-state index in [-0.39, 0.29) is 19.1 Å². The Bertz CT molecular complexity index is 691. The Kier molecular flexibility index (Phi) is 6.73. The van der Waals surface area contributed by atoms with Crippen LogP contribution in [0.4, 0.5) is 5.69 Å². The summed E-state index contributed by atoms with van der Waals surface area (Å²) in [5.41, 5.74) is 0.675. The molecule has 2 aromatic carbocycles. The average molecular weight is 370 g/mol. The first kappa shape index (κ1) is 18.4. The minimum absolute atomic E-state index is 0.0179. The van der Waals surface area contributed by atoms with Gasteiger partial charge in [-0.15, -0.1) is 0 Å². The molecule has 0 fully saturated rings. The lowest BCUT2D eigenvalue weighted by Crippen LogP contribution is -2.25. The molecule has 0 unspecified atom stereocenters. The van der Waals surface area contributed by atoms with Crippen molar-refractivity contribution in [3.63, 3.8) is 0 Å². The molecular formula is C17H17Cl2NO4. The highest BCUT2D eigenvalue weighted by molar-refractivity contribution is 6.34. The van der Waals surface area contributed by atoms with Crippen molar-refractivity contribution in [3.8, 4) is 11.5 Å². The largest absolute Gasteiger partial charge is 0.491 e. The van der Waals surface area contributed by atoms with E-state index in [4.69, 9.17) is 32.7 Å². The van der Waals surface area contributed by atoms with Crippen LogP contribution >= 0.6 is 23.2 Å². The average Bonchev–Trinajstić information content (AvgIpc) is 2.54.